The number of aromatic nitrogens is 2. The van der Waals surface area contributed by atoms with E-state index in [-0.39, 0.29) is 12.1 Å². The van der Waals surface area contributed by atoms with Crippen LogP contribution in [0.4, 0.5) is 0 Å². The Labute approximate surface area is 136 Å². The van der Waals surface area contributed by atoms with Crippen molar-refractivity contribution in [3.63, 3.8) is 0 Å². The number of rotatable bonds is 3. The third kappa shape index (κ3) is 3.43. The van der Waals surface area contributed by atoms with Gasteiger partial charge in [-0.15, -0.1) is 0 Å². The summed E-state index contributed by atoms with van der Waals surface area (Å²) in [6.45, 7) is 5.03. The molecule has 1 aromatic carbocycles. The molecular formula is C18H22N4O. The molecule has 0 radical (unpaired) electrons. The van der Waals surface area contributed by atoms with Crippen molar-refractivity contribution in [1.82, 2.24) is 14.5 Å². The molecule has 1 fully saturated rings. The number of nitrogens with zero attached hydrogens (tertiary/aromatic N) is 4. The largest absolute Gasteiger partial charge is 0.296 e. The predicted molar refractivity (Wildman–Crippen MR) is 89.9 cm³/mol. The van der Waals surface area contributed by atoms with Crippen LogP contribution in [0.3, 0.4) is 0 Å². The molecule has 1 saturated heterocycles. The normalized spacial score (nSPS) is 19.4. The second kappa shape index (κ2) is 6.93. The highest BCUT2D eigenvalue weighted by Crippen LogP contribution is 2.18. The van der Waals surface area contributed by atoms with E-state index in [0.29, 0.717) is 23.3 Å². The molecule has 0 aliphatic carbocycles. The van der Waals surface area contributed by atoms with Crippen LogP contribution in [0.5, 0.6) is 0 Å². The van der Waals surface area contributed by atoms with Crippen molar-refractivity contribution in [2.75, 3.05) is 13.1 Å². The third-order valence-electron chi connectivity index (χ3n) is 4.64. The summed E-state index contributed by atoms with van der Waals surface area (Å²) in [4.78, 5) is 19.7. The molecule has 0 spiro atoms. The fourth-order valence-corrected chi connectivity index (χ4v) is 3.25. The SMILES string of the molecule is C[C@@H]1CCCN(Cc2nc3ccccc3c(=O)n2CC#N)CC1. The smallest absolute Gasteiger partial charge is 0.262 e. The zero-order valence-corrected chi connectivity index (χ0v) is 13.5. The topological polar surface area (TPSA) is 61.9 Å². The van der Waals surface area contributed by atoms with Gasteiger partial charge >= 0.3 is 0 Å². The molecule has 1 atom stereocenters. The van der Waals surface area contributed by atoms with E-state index >= 15 is 0 Å². The van der Waals surface area contributed by atoms with Crippen LogP contribution in [0.25, 0.3) is 10.9 Å². The quantitative estimate of drug-likeness (QED) is 0.874. The van der Waals surface area contributed by atoms with Crippen molar-refractivity contribution in [3.8, 4) is 6.07 Å². The molecule has 1 aliphatic heterocycles. The van der Waals surface area contributed by atoms with E-state index < -0.39 is 0 Å². The summed E-state index contributed by atoms with van der Waals surface area (Å²) >= 11 is 0. The number of hydrogen-bond acceptors (Lipinski definition) is 4. The number of nitriles is 1. The highest BCUT2D eigenvalue weighted by molar-refractivity contribution is 5.77. The molecule has 0 bridgehead atoms. The van der Waals surface area contributed by atoms with Crippen LogP contribution in [-0.4, -0.2) is 27.5 Å². The molecule has 2 aromatic rings. The van der Waals surface area contributed by atoms with Gasteiger partial charge in [0.25, 0.3) is 5.56 Å². The maximum Gasteiger partial charge on any atom is 0.262 e. The van der Waals surface area contributed by atoms with Crippen LogP contribution in [-0.2, 0) is 13.1 Å². The van der Waals surface area contributed by atoms with Crippen LogP contribution in [0.2, 0.25) is 0 Å². The summed E-state index contributed by atoms with van der Waals surface area (Å²) < 4.78 is 1.52. The Morgan fingerprint density at radius 1 is 1.30 bits per heavy atom. The maximum absolute atomic E-state index is 12.7. The van der Waals surface area contributed by atoms with Gasteiger partial charge in [0.2, 0.25) is 0 Å². The molecule has 3 rings (SSSR count). The average molecular weight is 310 g/mol. The first-order valence-electron chi connectivity index (χ1n) is 8.27. The molecule has 120 valence electrons. The van der Waals surface area contributed by atoms with Gasteiger partial charge in [0, 0.05) is 0 Å². The second-order valence-corrected chi connectivity index (χ2v) is 6.41. The molecule has 0 unspecified atom stereocenters. The molecule has 23 heavy (non-hydrogen) atoms. The number of para-hydroxylation sites is 1. The van der Waals surface area contributed by atoms with Gasteiger partial charge < -0.3 is 0 Å². The van der Waals surface area contributed by atoms with Crippen LogP contribution in [0.1, 0.15) is 32.0 Å². The van der Waals surface area contributed by atoms with Crippen molar-refractivity contribution in [2.45, 2.75) is 39.3 Å². The highest BCUT2D eigenvalue weighted by Gasteiger charge is 2.17. The summed E-state index contributed by atoms with van der Waals surface area (Å²) in [6, 6.07) is 9.45. The summed E-state index contributed by atoms with van der Waals surface area (Å²) in [5.74, 6) is 1.45. The molecule has 0 saturated carbocycles. The van der Waals surface area contributed by atoms with E-state index in [4.69, 9.17) is 5.26 Å². The van der Waals surface area contributed by atoms with Crippen molar-refractivity contribution in [1.29, 1.82) is 5.26 Å². The van der Waals surface area contributed by atoms with Gasteiger partial charge in [0.05, 0.1) is 23.5 Å². The molecule has 2 heterocycles. The fourth-order valence-electron chi connectivity index (χ4n) is 3.25. The van der Waals surface area contributed by atoms with Gasteiger partial charge in [0.1, 0.15) is 12.4 Å². The molecular weight excluding hydrogens is 288 g/mol. The maximum atomic E-state index is 12.7. The Bertz CT molecular complexity index is 790. The van der Waals surface area contributed by atoms with Gasteiger partial charge in [-0.05, 0) is 50.4 Å². The Hall–Kier alpha value is -2.19. The van der Waals surface area contributed by atoms with Crippen molar-refractivity contribution in [2.24, 2.45) is 5.92 Å². The second-order valence-electron chi connectivity index (χ2n) is 6.41. The highest BCUT2D eigenvalue weighted by atomic mass is 16.1. The van der Waals surface area contributed by atoms with E-state index in [0.717, 1.165) is 19.0 Å². The average Bonchev–Trinajstić information content (AvgIpc) is 2.76. The lowest BCUT2D eigenvalue weighted by Gasteiger charge is -2.21. The molecule has 0 amide bonds. The van der Waals surface area contributed by atoms with Gasteiger partial charge in [-0.2, -0.15) is 5.26 Å². The first kappa shape index (κ1) is 15.7. The minimum atomic E-state index is -0.115. The lowest BCUT2D eigenvalue weighted by molar-refractivity contribution is 0.262. The molecule has 1 aromatic heterocycles. The van der Waals surface area contributed by atoms with E-state index in [9.17, 15) is 4.79 Å². The Balaban J connectivity index is 1.97. The number of fused-ring (bicyclic) bond motifs is 1. The Morgan fingerprint density at radius 3 is 2.96 bits per heavy atom. The third-order valence-corrected chi connectivity index (χ3v) is 4.64. The lowest BCUT2D eigenvalue weighted by atomic mass is 10.0. The minimum absolute atomic E-state index is 0.0518. The van der Waals surface area contributed by atoms with Gasteiger partial charge in [-0.1, -0.05) is 19.1 Å². The summed E-state index contributed by atoms with van der Waals surface area (Å²) in [6.07, 6.45) is 3.61. The summed E-state index contributed by atoms with van der Waals surface area (Å²) in [5, 5.41) is 9.65. The first-order chi connectivity index (χ1) is 11.2. The molecule has 1 aliphatic rings. The van der Waals surface area contributed by atoms with Crippen LogP contribution < -0.4 is 5.56 Å². The number of benzene rings is 1. The van der Waals surface area contributed by atoms with E-state index in [2.05, 4.69) is 22.9 Å². The zero-order chi connectivity index (χ0) is 16.2. The van der Waals surface area contributed by atoms with E-state index in [1.807, 2.05) is 18.2 Å². The molecule has 0 N–H and O–H groups in total. The number of hydrogen-bond donors (Lipinski definition) is 0. The lowest BCUT2D eigenvalue weighted by Crippen LogP contribution is -2.31. The Kier molecular flexibility index (Phi) is 4.73. The van der Waals surface area contributed by atoms with E-state index in [1.165, 1.54) is 23.8 Å². The van der Waals surface area contributed by atoms with Crippen molar-refractivity contribution < 1.29 is 0 Å². The zero-order valence-electron chi connectivity index (χ0n) is 13.5. The van der Waals surface area contributed by atoms with Crippen LogP contribution >= 0.6 is 0 Å². The monoisotopic (exact) mass is 310 g/mol. The standard InChI is InChI=1S/C18H22N4O/c1-14-5-4-10-21(11-8-14)13-17-20-16-7-3-2-6-15(16)18(23)22(17)12-9-19/h2-3,6-7,14H,4-5,8,10-13H2,1H3/t14-/m1/s1. The van der Waals surface area contributed by atoms with Crippen LogP contribution in [0.15, 0.2) is 29.1 Å². The fraction of sp³-hybridized carbons (Fsp3) is 0.500. The summed E-state index contributed by atoms with van der Waals surface area (Å²) in [5.41, 5.74) is 0.597. The van der Waals surface area contributed by atoms with Crippen molar-refractivity contribution in [3.05, 3.63) is 40.4 Å². The first-order valence-corrected chi connectivity index (χ1v) is 8.27. The van der Waals surface area contributed by atoms with Gasteiger partial charge in [0.15, 0.2) is 0 Å². The molecule has 5 heteroatoms. The van der Waals surface area contributed by atoms with Gasteiger partial charge in [-0.25, -0.2) is 4.98 Å². The summed E-state index contributed by atoms with van der Waals surface area (Å²) in [7, 11) is 0. The molecule has 5 nitrogen and oxygen atoms in total. The predicted octanol–water partition coefficient (Wildman–Crippen LogP) is 2.54. The number of likely N-dealkylation sites (tertiary alicyclic amines) is 1. The van der Waals surface area contributed by atoms with Gasteiger partial charge in [-0.3, -0.25) is 14.3 Å². The van der Waals surface area contributed by atoms with E-state index in [1.54, 1.807) is 6.07 Å². The van der Waals surface area contributed by atoms with Crippen molar-refractivity contribution >= 4 is 10.9 Å². The Morgan fingerprint density at radius 2 is 2.13 bits per heavy atom. The minimum Gasteiger partial charge on any atom is -0.296 e. The van der Waals surface area contributed by atoms with Crippen LogP contribution in [0, 0.1) is 17.2 Å².